The van der Waals surface area contributed by atoms with Crippen LogP contribution in [0.4, 0.5) is 11.4 Å². The van der Waals surface area contributed by atoms with Crippen molar-refractivity contribution in [3.63, 3.8) is 0 Å². The lowest BCUT2D eigenvalue weighted by Gasteiger charge is -2.18. The molecule has 0 spiro atoms. The molecular weight excluding hydrogens is 252 g/mol. The Labute approximate surface area is 109 Å². The first-order chi connectivity index (χ1) is 9.02. The van der Waals surface area contributed by atoms with Gasteiger partial charge in [-0.1, -0.05) is 0 Å². The molecule has 1 aromatic carbocycles. The number of nitrogens with zero attached hydrogens (tertiary/aromatic N) is 2. The molecule has 1 aliphatic rings. The van der Waals surface area contributed by atoms with E-state index in [2.05, 4.69) is 0 Å². The molecule has 0 amide bonds. The van der Waals surface area contributed by atoms with Gasteiger partial charge < -0.3 is 14.7 Å². The Morgan fingerprint density at radius 1 is 1.58 bits per heavy atom. The van der Waals surface area contributed by atoms with Gasteiger partial charge in [0, 0.05) is 26.3 Å². The maximum absolute atomic E-state index is 11.1. The second kappa shape index (κ2) is 5.23. The second-order valence-corrected chi connectivity index (χ2v) is 4.36. The summed E-state index contributed by atoms with van der Waals surface area (Å²) in [5.41, 5.74) is 0.171. The molecule has 1 aromatic rings. The molecule has 0 aromatic heterocycles. The minimum atomic E-state index is -1.18. The fourth-order valence-electron chi connectivity index (χ4n) is 2.21. The summed E-state index contributed by atoms with van der Waals surface area (Å²) in [7, 11) is 1.61. The van der Waals surface area contributed by atoms with Gasteiger partial charge in [0.25, 0.3) is 5.69 Å². The number of benzene rings is 1. The topological polar surface area (TPSA) is 92.9 Å². The Bertz CT molecular complexity index is 517. The van der Waals surface area contributed by atoms with Crippen molar-refractivity contribution in [2.45, 2.75) is 12.5 Å². The molecule has 1 aliphatic heterocycles. The summed E-state index contributed by atoms with van der Waals surface area (Å²) < 4.78 is 5.22. The highest BCUT2D eigenvalue weighted by Gasteiger charge is 2.28. The molecule has 1 atom stereocenters. The minimum absolute atomic E-state index is 0.0544. The summed E-state index contributed by atoms with van der Waals surface area (Å²) in [6.07, 6.45) is 0.854. The van der Waals surface area contributed by atoms with Crippen LogP contribution < -0.4 is 4.90 Å². The van der Waals surface area contributed by atoms with E-state index in [9.17, 15) is 14.9 Å². The Morgan fingerprint density at radius 2 is 2.32 bits per heavy atom. The van der Waals surface area contributed by atoms with Gasteiger partial charge in [-0.3, -0.25) is 10.1 Å². The first-order valence-corrected chi connectivity index (χ1v) is 5.82. The van der Waals surface area contributed by atoms with E-state index in [1.807, 2.05) is 4.90 Å². The molecule has 7 nitrogen and oxygen atoms in total. The van der Waals surface area contributed by atoms with Crippen LogP contribution in [0.15, 0.2) is 18.2 Å². The van der Waals surface area contributed by atoms with E-state index < -0.39 is 10.9 Å². The fourth-order valence-corrected chi connectivity index (χ4v) is 2.21. The van der Waals surface area contributed by atoms with Crippen LogP contribution in [0.25, 0.3) is 0 Å². The fraction of sp³-hybridized carbons (Fsp3) is 0.417. The van der Waals surface area contributed by atoms with E-state index in [1.165, 1.54) is 12.1 Å². The van der Waals surface area contributed by atoms with Crippen molar-refractivity contribution < 1.29 is 19.6 Å². The molecular formula is C12H14N2O5. The highest BCUT2D eigenvalue weighted by atomic mass is 16.6. The molecule has 7 heteroatoms. The summed E-state index contributed by atoms with van der Waals surface area (Å²) >= 11 is 0. The predicted octanol–water partition coefficient (Wildman–Crippen LogP) is 1.52. The van der Waals surface area contributed by atoms with Gasteiger partial charge in [-0.25, -0.2) is 4.79 Å². The molecule has 0 bridgehead atoms. The summed E-state index contributed by atoms with van der Waals surface area (Å²) in [5.74, 6) is -1.18. The first kappa shape index (κ1) is 13.3. The second-order valence-electron chi connectivity index (χ2n) is 4.36. The van der Waals surface area contributed by atoms with Crippen LogP contribution in [0.1, 0.15) is 16.8 Å². The van der Waals surface area contributed by atoms with E-state index in [0.29, 0.717) is 18.8 Å². The summed E-state index contributed by atoms with van der Waals surface area (Å²) in [5, 5.41) is 19.9. The molecule has 102 valence electrons. The molecule has 1 saturated heterocycles. The number of ether oxygens (including phenoxy) is 1. The SMILES string of the molecule is COC1CCN(c2ccc(C(=O)O)cc2[N+](=O)[O-])C1. The highest BCUT2D eigenvalue weighted by Crippen LogP contribution is 2.32. The largest absolute Gasteiger partial charge is 0.478 e. The Balaban J connectivity index is 2.35. The molecule has 1 heterocycles. The van der Waals surface area contributed by atoms with Gasteiger partial charge in [0.1, 0.15) is 5.69 Å². The molecule has 0 saturated carbocycles. The van der Waals surface area contributed by atoms with Gasteiger partial charge >= 0.3 is 5.97 Å². The molecule has 1 unspecified atom stereocenters. The maximum Gasteiger partial charge on any atom is 0.335 e. The lowest BCUT2D eigenvalue weighted by molar-refractivity contribution is -0.384. The number of hydrogen-bond acceptors (Lipinski definition) is 5. The molecule has 19 heavy (non-hydrogen) atoms. The zero-order chi connectivity index (χ0) is 14.0. The predicted molar refractivity (Wildman–Crippen MR) is 67.7 cm³/mol. The van der Waals surface area contributed by atoms with Gasteiger partial charge in [0.05, 0.1) is 16.6 Å². The van der Waals surface area contributed by atoms with Crippen molar-refractivity contribution in [3.05, 3.63) is 33.9 Å². The van der Waals surface area contributed by atoms with Crippen LogP contribution in [0.5, 0.6) is 0 Å². The zero-order valence-electron chi connectivity index (χ0n) is 10.4. The number of hydrogen-bond donors (Lipinski definition) is 1. The van der Waals surface area contributed by atoms with Crippen molar-refractivity contribution >= 4 is 17.3 Å². The zero-order valence-corrected chi connectivity index (χ0v) is 10.4. The van der Waals surface area contributed by atoms with Crippen molar-refractivity contribution in [2.24, 2.45) is 0 Å². The van der Waals surface area contributed by atoms with Crippen LogP contribution in [0.3, 0.4) is 0 Å². The normalized spacial score (nSPS) is 18.6. The number of carboxylic acids is 1. The van der Waals surface area contributed by atoms with Gasteiger partial charge in [-0.2, -0.15) is 0 Å². The third-order valence-corrected chi connectivity index (χ3v) is 3.24. The number of aromatic carboxylic acids is 1. The standard InChI is InChI=1S/C12H14N2O5/c1-19-9-4-5-13(7-9)10-3-2-8(12(15)16)6-11(10)14(17)18/h2-3,6,9H,4-5,7H2,1H3,(H,15,16). The number of nitro benzene ring substituents is 1. The van der Waals surface area contributed by atoms with E-state index >= 15 is 0 Å². The van der Waals surface area contributed by atoms with Crippen LogP contribution >= 0.6 is 0 Å². The lowest BCUT2D eigenvalue weighted by Crippen LogP contribution is -2.23. The van der Waals surface area contributed by atoms with E-state index in [4.69, 9.17) is 9.84 Å². The Hall–Kier alpha value is -2.15. The number of carbonyl (C=O) groups is 1. The van der Waals surface area contributed by atoms with E-state index in [0.717, 1.165) is 12.5 Å². The average Bonchev–Trinajstić information content (AvgIpc) is 2.86. The first-order valence-electron chi connectivity index (χ1n) is 5.82. The van der Waals surface area contributed by atoms with Gasteiger partial charge in [-0.15, -0.1) is 0 Å². The van der Waals surface area contributed by atoms with Gasteiger partial charge in [0.2, 0.25) is 0 Å². The van der Waals surface area contributed by atoms with Crippen LogP contribution in [-0.4, -0.2) is 42.3 Å². The Morgan fingerprint density at radius 3 is 2.84 bits per heavy atom. The quantitative estimate of drug-likeness (QED) is 0.656. The maximum atomic E-state index is 11.1. The summed E-state index contributed by atoms with van der Waals surface area (Å²) in [6.45, 7) is 1.23. The Kier molecular flexibility index (Phi) is 3.66. The van der Waals surface area contributed by atoms with E-state index in [-0.39, 0.29) is 17.4 Å². The van der Waals surface area contributed by atoms with Crippen molar-refractivity contribution in [3.8, 4) is 0 Å². The van der Waals surface area contributed by atoms with Crippen LogP contribution in [0.2, 0.25) is 0 Å². The van der Waals surface area contributed by atoms with Crippen molar-refractivity contribution in [1.29, 1.82) is 0 Å². The summed E-state index contributed by atoms with van der Waals surface area (Å²) in [4.78, 5) is 23.2. The smallest absolute Gasteiger partial charge is 0.335 e. The molecule has 2 rings (SSSR count). The number of nitro groups is 1. The van der Waals surface area contributed by atoms with Crippen LogP contribution in [0, 0.1) is 10.1 Å². The van der Waals surface area contributed by atoms with Crippen molar-refractivity contribution in [2.75, 3.05) is 25.1 Å². The third kappa shape index (κ3) is 2.65. The van der Waals surface area contributed by atoms with Gasteiger partial charge in [0.15, 0.2) is 0 Å². The van der Waals surface area contributed by atoms with E-state index in [1.54, 1.807) is 7.11 Å². The minimum Gasteiger partial charge on any atom is -0.478 e. The van der Waals surface area contributed by atoms with Gasteiger partial charge in [-0.05, 0) is 18.6 Å². The summed E-state index contributed by atoms with van der Waals surface area (Å²) in [6, 6.07) is 3.96. The number of carboxylic acid groups (broad SMARTS) is 1. The molecule has 1 fully saturated rings. The highest BCUT2D eigenvalue weighted by molar-refractivity contribution is 5.89. The molecule has 0 aliphatic carbocycles. The number of anilines is 1. The van der Waals surface area contributed by atoms with Crippen LogP contribution in [-0.2, 0) is 4.74 Å². The monoisotopic (exact) mass is 266 g/mol. The van der Waals surface area contributed by atoms with Crippen molar-refractivity contribution in [1.82, 2.24) is 0 Å². The molecule has 1 N–H and O–H groups in total. The number of rotatable bonds is 4. The average molecular weight is 266 g/mol. The third-order valence-electron chi connectivity index (χ3n) is 3.24. The lowest BCUT2D eigenvalue weighted by atomic mass is 10.1. The number of methoxy groups -OCH3 is 1. The molecule has 0 radical (unpaired) electrons.